The summed E-state index contributed by atoms with van der Waals surface area (Å²) in [6.45, 7) is 0.540. The fourth-order valence-corrected chi connectivity index (χ4v) is 3.24. The molecule has 1 fully saturated rings. The number of benzene rings is 1. The maximum atomic E-state index is 12.9. The van der Waals surface area contributed by atoms with E-state index in [1.165, 1.54) is 37.8 Å². The van der Waals surface area contributed by atoms with Crippen molar-refractivity contribution < 1.29 is 9.50 Å². The molecule has 4 heteroatoms. The third kappa shape index (κ3) is 4.09. The highest BCUT2D eigenvalue weighted by molar-refractivity contribution is 14.1. The van der Waals surface area contributed by atoms with E-state index in [0.717, 1.165) is 15.7 Å². The number of nitrogens with one attached hydrogen (secondary N) is 1. The van der Waals surface area contributed by atoms with Gasteiger partial charge in [0.15, 0.2) is 0 Å². The van der Waals surface area contributed by atoms with Crippen molar-refractivity contribution in [3.05, 3.63) is 27.6 Å². The Hall–Kier alpha value is -0.360. The molecule has 2 nitrogen and oxygen atoms in total. The predicted octanol–water partition coefficient (Wildman–Crippen LogP) is 3.78. The lowest BCUT2D eigenvalue weighted by Crippen LogP contribution is -2.22. The van der Waals surface area contributed by atoms with Crippen LogP contribution in [0.3, 0.4) is 0 Å². The highest BCUT2D eigenvalue weighted by Gasteiger charge is 2.18. The van der Waals surface area contributed by atoms with Crippen LogP contribution in [0.15, 0.2) is 18.2 Å². The van der Waals surface area contributed by atoms with Gasteiger partial charge in [-0.05, 0) is 53.1 Å². The quantitative estimate of drug-likeness (QED) is 0.781. The molecular weight excluding hydrogens is 344 g/mol. The molecule has 0 saturated heterocycles. The van der Waals surface area contributed by atoms with Crippen molar-refractivity contribution in [3.63, 3.8) is 0 Å². The predicted molar refractivity (Wildman–Crippen MR) is 80.2 cm³/mol. The smallest absolute Gasteiger partial charge is 0.124 e. The minimum atomic E-state index is -0.311. The summed E-state index contributed by atoms with van der Waals surface area (Å²) in [5.74, 6) is 0.463. The minimum absolute atomic E-state index is 0.226. The van der Waals surface area contributed by atoms with Crippen molar-refractivity contribution in [1.29, 1.82) is 0 Å². The lowest BCUT2D eigenvalue weighted by molar-refractivity contribution is 0.155. The molecule has 0 amide bonds. The molecule has 0 aliphatic heterocycles. The van der Waals surface area contributed by atoms with E-state index in [0.29, 0.717) is 12.5 Å². The van der Waals surface area contributed by atoms with Crippen molar-refractivity contribution >= 4 is 28.3 Å². The Labute approximate surface area is 121 Å². The van der Waals surface area contributed by atoms with E-state index in [9.17, 15) is 9.50 Å². The van der Waals surface area contributed by atoms with E-state index < -0.39 is 0 Å². The number of anilines is 1. The molecule has 100 valence electrons. The fourth-order valence-electron chi connectivity index (χ4n) is 2.57. The zero-order valence-electron chi connectivity index (χ0n) is 10.3. The molecule has 1 aromatic rings. The Morgan fingerprint density at radius 2 is 2.11 bits per heavy atom. The Kier molecular flexibility index (Phi) is 5.24. The summed E-state index contributed by atoms with van der Waals surface area (Å²) in [5, 5.41) is 13.2. The van der Waals surface area contributed by atoms with E-state index >= 15 is 0 Å². The van der Waals surface area contributed by atoms with Crippen LogP contribution in [0.25, 0.3) is 0 Å². The summed E-state index contributed by atoms with van der Waals surface area (Å²) in [5.41, 5.74) is 0.891. The van der Waals surface area contributed by atoms with E-state index in [2.05, 4.69) is 27.9 Å². The van der Waals surface area contributed by atoms with Crippen LogP contribution in [0, 0.1) is 15.3 Å². The molecule has 1 aliphatic carbocycles. The monoisotopic (exact) mass is 363 g/mol. The van der Waals surface area contributed by atoms with Crippen LogP contribution in [0.2, 0.25) is 0 Å². The first kappa shape index (κ1) is 14.1. The highest BCUT2D eigenvalue weighted by atomic mass is 127. The molecule has 1 aliphatic rings. The van der Waals surface area contributed by atoms with Gasteiger partial charge in [0.05, 0.1) is 6.10 Å². The Bertz CT molecular complexity index is 393. The number of halogens is 2. The molecule has 0 spiro atoms. The van der Waals surface area contributed by atoms with E-state index in [-0.39, 0.29) is 11.9 Å². The Morgan fingerprint density at radius 3 is 2.78 bits per heavy atom. The van der Waals surface area contributed by atoms with Gasteiger partial charge in [-0.3, -0.25) is 0 Å². The molecule has 1 atom stereocenters. The summed E-state index contributed by atoms with van der Waals surface area (Å²) < 4.78 is 13.8. The van der Waals surface area contributed by atoms with Gasteiger partial charge in [-0.15, -0.1) is 0 Å². The summed E-state index contributed by atoms with van der Waals surface area (Å²) in [6.07, 6.45) is 5.69. The van der Waals surface area contributed by atoms with Crippen LogP contribution in [-0.2, 0) is 0 Å². The molecule has 0 bridgehead atoms. The Morgan fingerprint density at radius 1 is 1.39 bits per heavy atom. The van der Waals surface area contributed by atoms with Gasteiger partial charge in [-0.1, -0.05) is 25.7 Å². The number of aliphatic hydroxyl groups excluding tert-OH is 1. The maximum Gasteiger partial charge on any atom is 0.124 e. The number of rotatable bonds is 5. The van der Waals surface area contributed by atoms with Crippen molar-refractivity contribution in [2.75, 3.05) is 11.9 Å². The minimum Gasteiger partial charge on any atom is -0.391 e. The zero-order chi connectivity index (χ0) is 13.0. The molecule has 0 radical (unpaired) electrons. The molecule has 1 unspecified atom stereocenters. The first-order valence-corrected chi connectivity index (χ1v) is 7.60. The molecular formula is C14H19FINO. The Balaban J connectivity index is 1.79. The van der Waals surface area contributed by atoms with E-state index in [4.69, 9.17) is 0 Å². The van der Waals surface area contributed by atoms with Gasteiger partial charge < -0.3 is 10.4 Å². The second kappa shape index (κ2) is 6.70. The summed E-state index contributed by atoms with van der Waals surface area (Å²) in [7, 11) is 0. The summed E-state index contributed by atoms with van der Waals surface area (Å²) >= 11 is 2.10. The zero-order valence-corrected chi connectivity index (χ0v) is 12.5. The molecule has 1 saturated carbocycles. The average molecular weight is 363 g/mol. The van der Waals surface area contributed by atoms with Gasteiger partial charge in [0.1, 0.15) is 5.82 Å². The lowest BCUT2D eigenvalue weighted by Gasteiger charge is -2.17. The molecule has 18 heavy (non-hydrogen) atoms. The third-order valence-corrected chi connectivity index (χ3v) is 4.43. The third-order valence-electron chi connectivity index (χ3n) is 3.54. The standard InChI is InChI=1S/C14H19FINO/c15-11-5-6-14(13(16)8-11)17-9-12(18)7-10-3-1-2-4-10/h5-6,8,10,12,17-18H,1-4,7,9H2. The van der Waals surface area contributed by atoms with Crippen molar-refractivity contribution in [3.8, 4) is 0 Å². The van der Waals surface area contributed by atoms with E-state index in [1.807, 2.05) is 0 Å². The van der Waals surface area contributed by atoms with Crippen molar-refractivity contribution in [2.45, 2.75) is 38.2 Å². The second-order valence-electron chi connectivity index (χ2n) is 5.05. The molecule has 0 heterocycles. The van der Waals surface area contributed by atoms with Gasteiger partial charge in [-0.25, -0.2) is 4.39 Å². The molecule has 1 aromatic carbocycles. The maximum absolute atomic E-state index is 12.9. The highest BCUT2D eigenvalue weighted by Crippen LogP contribution is 2.28. The van der Waals surface area contributed by atoms with Crippen LogP contribution < -0.4 is 5.32 Å². The van der Waals surface area contributed by atoms with Crippen LogP contribution in [0.1, 0.15) is 32.1 Å². The van der Waals surface area contributed by atoms with Crippen LogP contribution in [0.4, 0.5) is 10.1 Å². The van der Waals surface area contributed by atoms with Crippen molar-refractivity contribution in [1.82, 2.24) is 0 Å². The van der Waals surface area contributed by atoms with Crippen LogP contribution >= 0.6 is 22.6 Å². The number of aliphatic hydroxyl groups is 1. The molecule has 2 rings (SSSR count). The average Bonchev–Trinajstić information content (AvgIpc) is 2.80. The lowest BCUT2D eigenvalue weighted by atomic mass is 10.00. The molecule has 2 N–H and O–H groups in total. The summed E-state index contributed by atoms with van der Waals surface area (Å²) in [6, 6.07) is 4.65. The topological polar surface area (TPSA) is 32.3 Å². The van der Waals surface area contributed by atoms with Gasteiger partial charge in [0, 0.05) is 15.8 Å². The molecule has 0 aromatic heterocycles. The second-order valence-corrected chi connectivity index (χ2v) is 6.21. The number of hydrogen-bond acceptors (Lipinski definition) is 2. The fraction of sp³-hybridized carbons (Fsp3) is 0.571. The van der Waals surface area contributed by atoms with Gasteiger partial charge >= 0.3 is 0 Å². The van der Waals surface area contributed by atoms with E-state index in [1.54, 1.807) is 6.07 Å². The first-order chi connectivity index (χ1) is 8.65. The van der Waals surface area contributed by atoms with Crippen LogP contribution in [-0.4, -0.2) is 17.8 Å². The largest absolute Gasteiger partial charge is 0.391 e. The van der Waals surface area contributed by atoms with Crippen molar-refractivity contribution in [2.24, 2.45) is 5.92 Å². The van der Waals surface area contributed by atoms with Crippen LogP contribution in [0.5, 0.6) is 0 Å². The van der Waals surface area contributed by atoms with Gasteiger partial charge in [0.2, 0.25) is 0 Å². The normalized spacial score (nSPS) is 17.9. The summed E-state index contributed by atoms with van der Waals surface area (Å²) in [4.78, 5) is 0. The first-order valence-electron chi connectivity index (χ1n) is 6.52. The van der Waals surface area contributed by atoms with Gasteiger partial charge in [0.25, 0.3) is 0 Å². The van der Waals surface area contributed by atoms with Gasteiger partial charge in [-0.2, -0.15) is 0 Å². The SMILES string of the molecule is OC(CNc1ccc(F)cc1I)CC1CCCC1. The number of hydrogen-bond donors (Lipinski definition) is 2.